The SMILES string of the molecule is COc1ccc2c(c1)C=CCCC2. The van der Waals surface area contributed by atoms with Gasteiger partial charge in [0.05, 0.1) is 7.11 Å². The molecule has 1 aromatic carbocycles. The highest BCUT2D eigenvalue weighted by molar-refractivity contribution is 5.57. The van der Waals surface area contributed by atoms with Crippen molar-refractivity contribution in [1.82, 2.24) is 0 Å². The van der Waals surface area contributed by atoms with Crippen molar-refractivity contribution in [2.45, 2.75) is 19.3 Å². The summed E-state index contributed by atoms with van der Waals surface area (Å²) >= 11 is 0. The lowest BCUT2D eigenvalue weighted by Gasteiger charge is -2.05. The Balaban J connectivity index is 2.41. The van der Waals surface area contributed by atoms with Crippen LogP contribution < -0.4 is 4.74 Å². The Labute approximate surface area is 79.0 Å². The third kappa shape index (κ3) is 1.74. The molecule has 0 unspecified atom stereocenters. The van der Waals surface area contributed by atoms with Gasteiger partial charge < -0.3 is 4.74 Å². The molecule has 13 heavy (non-hydrogen) atoms. The fourth-order valence-electron chi connectivity index (χ4n) is 1.70. The second-order valence-corrected chi connectivity index (χ2v) is 3.36. The third-order valence-corrected chi connectivity index (χ3v) is 2.47. The van der Waals surface area contributed by atoms with Crippen molar-refractivity contribution in [2.75, 3.05) is 7.11 Å². The summed E-state index contributed by atoms with van der Waals surface area (Å²) in [5, 5.41) is 0. The predicted molar refractivity (Wildman–Crippen MR) is 55.0 cm³/mol. The van der Waals surface area contributed by atoms with Gasteiger partial charge in [0.15, 0.2) is 0 Å². The molecule has 1 nitrogen and oxygen atoms in total. The smallest absolute Gasteiger partial charge is 0.119 e. The topological polar surface area (TPSA) is 9.23 Å². The first-order chi connectivity index (χ1) is 6.40. The quantitative estimate of drug-likeness (QED) is 0.635. The van der Waals surface area contributed by atoms with Gasteiger partial charge >= 0.3 is 0 Å². The van der Waals surface area contributed by atoms with Gasteiger partial charge in [-0.3, -0.25) is 0 Å². The van der Waals surface area contributed by atoms with E-state index in [0.29, 0.717) is 0 Å². The highest BCUT2D eigenvalue weighted by Crippen LogP contribution is 2.23. The number of ether oxygens (including phenoxy) is 1. The van der Waals surface area contributed by atoms with E-state index in [1.54, 1.807) is 7.11 Å². The summed E-state index contributed by atoms with van der Waals surface area (Å²) in [6.45, 7) is 0. The Morgan fingerprint density at radius 3 is 3.08 bits per heavy atom. The van der Waals surface area contributed by atoms with E-state index in [1.807, 2.05) is 6.07 Å². The van der Waals surface area contributed by atoms with Crippen LogP contribution in [0.5, 0.6) is 5.75 Å². The summed E-state index contributed by atoms with van der Waals surface area (Å²) in [7, 11) is 1.71. The van der Waals surface area contributed by atoms with E-state index >= 15 is 0 Å². The third-order valence-electron chi connectivity index (χ3n) is 2.47. The summed E-state index contributed by atoms with van der Waals surface area (Å²) in [5.74, 6) is 0.949. The maximum atomic E-state index is 5.19. The maximum absolute atomic E-state index is 5.19. The van der Waals surface area contributed by atoms with Crippen molar-refractivity contribution >= 4 is 6.08 Å². The lowest BCUT2D eigenvalue weighted by Crippen LogP contribution is -1.89. The Bertz CT molecular complexity index is 326. The van der Waals surface area contributed by atoms with E-state index in [4.69, 9.17) is 4.74 Å². The molecule has 0 amide bonds. The van der Waals surface area contributed by atoms with Crippen LogP contribution in [0.15, 0.2) is 24.3 Å². The monoisotopic (exact) mass is 174 g/mol. The van der Waals surface area contributed by atoms with Crippen LogP contribution in [0, 0.1) is 0 Å². The number of allylic oxidation sites excluding steroid dienone is 1. The molecule has 1 heteroatoms. The van der Waals surface area contributed by atoms with Crippen molar-refractivity contribution < 1.29 is 4.74 Å². The fraction of sp³-hybridized carbons (Fsp3) is 0.333. The lowest BCUT2D eigenvalue weighted by atomic mass is 10.0. The summed E-state index contributed by atoms with van der Waals surface area (Å²) in [6.07, 6.45) is 8.08. The van der Waals surface area contributed by atoms with Crippen molar-refractivity contribution in [1.29, 1.82) is 0 Å². The molecular formula is C12H14O. The van der Waals surface area contributed by atoms with E-state index in [-0.39, 0.29) is 0 Å². The molecule has 0 aliphatic heterocycles. The highest BCUT2D eigenvalue weighted by Gasteiger charge is 2.03. The molecule has 0 heterocycles. The molecule has 0 saturated carbocycles. The predicted octanol–water partition coefficient (Wildman–Crippen LogP) is 3.04. The van der Waals surface area contributed by atoms with Gasteiger partial charge in [0.25, 0.3) is 0 Å². The van der Waals surface area contributed by atoms with Gasteiger partial charge in [-0.05, 0) is 42.5 Å². The van der Waals surface area contributed by atoms with E-state index in [1.165, 1.54) is 30.4 Å². The lowest BCUT2D eigenvalue weighted by molar-refractivity contribution is 0.414. The summed E-state index contributed by atoms with van der Waals surface area (Å²) in [5.41, 5.74) is 2.76. The molecule has 0 saturated heterocycles. The second-order valence-electron chi connectivity index (χ2n) is 3.36. The first-order valence-corrected chi connectivity index (χ1v) is 4.73. The molecule has 0 aromatic heterocycles. The van der Waals surface area contributed by atoms with Crippen LogP contribution >= 0.6 is 0 Å². The largest absolute Gasteiger partial charge is 0.497 e. The molecular weight excluding hydrogens is 160 g/mol. The molecule has 1 aromatic rings. The average molecular weight is 174 g/mol. The van der Waals surface area contributed by atoms with Gasteiger partial charge in [0.1, 0.15) is 5.75 Å². The normalized spacial score (nSPS) is 14.8. The molecule has 0 radical (unpaired) electrons. The standard InChI is InChI=1S/C12H14O/c1-13-12-8-7-10-5-3-2-4-6-11(10)9-12/h4,6-9H,2-3,5H2,1H3. The summed E-state index contributed by atoms with van der Waals surface area (Å²) in [6, 6.07) is 6.32. The van der Waals surface area contributed by atoms with Crippen LogP contribution in [-0.4, -0.2) is 7.11 Å². The Morgan fingerprint density at radius 1 is 1.31 bits per heavy atom. The Kier molecular flexibility index (Phi) is 2.35. The number of hydrogen-bond donors (Lipinski definition) is 0. The average Bonchev–Trinajstić information content (AvgIpc) is 2.41. The van der Waals surface area contributed by atoms with Gasteiger partial charge in [0, 0.05) is 0 Å². The molecule has 0 atom stereocenters. The number of hydrogen-bond acceptors (Lipinski definition) is 1. The van der Waals surface area contributed by atoms with Crippen LogP contribution in [0.2, 0.25) is 0 Å². The van der Waals surface area contributed by atoms with Crippen LogP contribution in [0.1, 0.15) is 24.0 Å². The molecule has 1 aliphatic carbocycles. The molecule has 0 bridgehead atoms. The zero-order valence-electron chi connectivity index (χ0n) is 7.92. The van der Waals surface area contributed by atoms with E-state index in [0.717, 1.165) is 5.75 Å². The van der Waals surface area contributed by atoms with Gasteiger partial charge in [-0.25, -0.2) is 0 Å². The minimum atomic E-state index is 0.949. The van der Waals surface area contributed by atoms with Crippen LogP contribution in [0.25, 0.3) is 6.08 Å². The number of benzene rings is 1. The Morgan fingerprint density at radius 2 is 2.23 bits per heavy atom. The number of aryl methyl sites for hydroxylation is 1. The summed E-state index contributed by atoms with van der Waals surface area (Å²) in [4.78, 5) is 0. The number of methoxy groups -OCH3 is 1. The van der Waals surface area contributed by atoms with Gasteiger partial charge in [-0.2, -0.15) is 0 Å². The summed E-state index contributed by atoms with van der Waals surface area (Å²) < 4.78 is 5.19. The fourth-order valence-corrected chi connectivity index (χ4v) is 1.70. The zero-order chi connectivity index (χ0) is 9.10. The van der Waals surface area contributed by atoms with Crippen molar-refractivity contribution in [3.05, 3.63) is 35.4 Å². The number of fused-ring (bicyclic) bond motifs is 1. The van der Waals surface area contributed by atoms with Crippen LogP contribution in [0.3, 0.4) is 0 Å². The first kappa shape index (κ1) is 8.36. The molecule has 68 valence electrons. The molecule has 1 aliphatic rings. The first-order valence-electron chi connectivity index (χ1n) is 4.73. The Hall–Kier alpha value is -1.24. The van der Waals surface area contributed by atoms with Gasteiger partial charge in [-0.15, -0.1) is 0 Å². The molecule has 2 rings (SSSR count). The van der Waals surface area contributed by atoms with E-state index < -0.39 is 0 Å². The van der Waals surface area contributed by atoms with Crippen LogP contribution in [-0.2, 0) is 6.42 Å². The van der Waals surface area contributed by atoms with E-state index in [2.05, 4.69) is 24.3 Å². The molecule has 0 spiro atoms. The second kappa shape index (κ2) is 3.65. The van der Waals surface area contributed by atoms with Crippen molar-refractivity contribution in [3.63, 3.8) is 0 Å². The highest BCUT2D eigenvalue weighted by atomic mass is 16.5. The minimum Gasteiger partial charge on any atom is -0.497 e. The van der Waals surface area contributed by atoms with E-state index in [9.17, 15) is 0 Å². The zero-order valence-corrected chi connectivity index (χ0v) is 7.92. The number of rotatable bonds is 1. The van der Waals surface area contributed by atoms with Crippen molar-refractivity contribution in [2.24, 2.45) is 0 Å². The minimum absolute atomic E-state index is 0.949. The van der Waals surface area contributed by atoms with Crippen LogP contribution in [0.4, 0.5) is 0 Å². The molecule has 0 N–H and O–H groups in total. The molecule has 0 fully saturated rings. The van der Waals surface area contributed by atoms with Gasteiger partial charge in [-0.1, -0.05) is 18.2 Å². The van der Waals surface area contributed by atoms with Gasteiger partial charge in [0.2, 0.25) is 0 Å². The maximum Gasteiger partial charge on any atom is 0.119 e. The van der Waals surface area contributed by atoms with Crippen molar-refractivity contribution in [3.8, 4) is 5.75 Å².